The van der Waals surface area contributed by atoms with Crippen LogP contribution in [0.25, 0.3) is 0 Å². The van der Waals surface area contributed by atoms with Gasteiger partial charge in [0.15, 0.2) is 5.11 Å². The molecule has 2 atom stereocenters. The molecule has 0 amide bonds. The standard InChI is InChI=1S/C19H16BrN3S2/c1-12-5-7-14(8-6-12)23-18(16-10-13(20)11-25-16)17(22-19(23)24)15-4-2-3-9-21-15/h2-11,17-18H,1H3,(H,22,24)/t17-,18-/m1/s1. The molecule has 126 valence electrons. The van der Waals surface area contributed by atoms with Crippen LogP contribution in [0.1, 0.15) is 28.2 Å². The lowest BCUT2D eigenvalue weighted by Crippen LogP contribution is -2.29. The lowest BCUT2D eigenvalue weighted by molar-refractivity contribution is 0.575. The van der Waals surface area contributed by atoms with Gasteiger partial charge in [-0.2, -0.15) is 0 Å². The number of benzene rings is 1. The summed E-state index contributed by atoms with van der Waals surface area (Å²) in [5.41, 5.74) is 3.32. The van der Waals surface area contributed by atoms with E-state index in [1.165, 1.54) is 10.4 Å². The summed E-state index contributed by atoms with van der Waals surface area (Å²) in [7, 11) is 0. The third-order valence-corrected chi connectivity index (χ3v) is 6.37. The molecule has 1 saturated heterocycles. The predicted octanol–water partition coefficient (Wildman–Crippen LogP) is 5.39. The van der Waals surface area contributed by atoms with Crippen molar-refractivity contribution in [3.05, 3.63) is 80.7 Å². The van der Waals surface area contributed by atoms with Crippen LogP contribution >= 0.6 is 39.5 Å². The van der Waals surface area contributed by atoms with Gasteiger partial charge in [-0.1, -0.05) is 23.8 Å². The first-order valence-corrected chi connectivity index (χ1v) is 10.0. The van der Waals surface area contributed by atoms with Crippen LogP contribution in [0.5, 0.6) is 0 Å². The third kappa shape index (κ3) is 3.21. The Balaban J connectivity index is 1.81. The molecule has 3 aromatic rings. The highest BCUT2D eigenvalue weighted by Gasteiger charge is 2.41. The Bertz CT molecular complexity index is 893. The Morgan fingerprint density at radius 3 is 2.64 bits per heavy atom. The van der Waals surface area contributed by atoms with Crippen molar-refractivity contribution in [1.29, 1.82) is 0 Å². The number of nitrogens with zero attached hydrogens (tertiary/aromatic N) is 2. The summed E-state index contributed by atoms with van der Waals surface area (Å²) in [6.07, 6.45) is 1.83. The maximum atomic E-state index is 5.70. The fourth-order valence-corrected chi connectivity index (χ4v) is 5.03. The second kappa shape index (κ2) is 6.86. The van der Waals surface area contributed by atoms with Crippen LogP contribution in [0, 0.1) is 6.92 Å². The first kappa shape index (κ1) is 16.7. The zero-order valence-corrected chi connectivity index (χ0v) is 16.7. The Morgan fingerprint density at radius 2 is 2.00 bits per heavy atom. The van der Waals surface area contributed by atoms with E-state index < -0.39 is 0 Å². The lowest BCUT2D eigenvalue weighted by atomic mass is 10.0. The number of halogens is 1. The van der Waals surface area contributed by atoms with Crippen LogP contribution in [-0.2, 0) is 0 Å². The van der Waals surface area contributed by atoms with Gasteiger partial charge in [-0.05, 0) is 65.4 Å². The number of rotatable bonds is 3. The Labute approximate surface area is 164 Å². The molecule has 0 bridgehead atoms. The van der Waals surface area contributed by atoms with Gasteiger partial charge in [0.1, 0.15) is 0 Å². The molecule has 1 aliphatic heterocycles. The highest BCUT2D eigenvalue weighted by molar-refractivity contribution is 9.10. The number of nitrogens with one attached hydrogen (secondary N) is 1. The first-order chi connectivity index (χ1) is 12.1. The molecule has 0 spiro atoms. The first-order valence-electron chi connectivity index (χ1n) is 7.95. The largest absolute Gasteiger partial charge is 0.351 e. The maximum Gasteiger partial charge on any atom is 0.174 e. The van der Waals surface area contributed by atoms with E-state index in [1.54, 1.807) is 11.3 Å². The van der Waals surface area contributed by atoms with Crippen molar-refractivity contribution in [3.8, 4) is 0 Å². The van der Waals surface area contributed by atoms with Crippen molar-refractivity contribution in [2.45, 2.75) is 19.0 Å². The van der Waals surface area contributed by atoms with Crippen molar-refractivity contribution >= 4 is 50.3 Å². The normalized spacial score (nSPS) is 19.9. The number of pyridine rings is 1. The molecule has 4 rings (SSSR count). The van der Waals surface area contributed by atoms with Gasteiger partial charge < -0.3 is 10.2 Å². The van der Waals surface area contributed by atoms with Gasteiger partial charge in [0.2, 0.25) is 0 Å². The fraction of sp³-hybridized carbons (Fsp3) is 0.158. The second-order valence-electron chi connectivity index (χ2n) is 6.00. The zero-order chi connectivity index (χ0) is 17.4. The second-order valence-corrected chi connectivity index (χ2v) is 8.24. The number of hydrogen-bond donors (Lipinski definition) is 1. The molecule has 2 aromatic heterocycles. The molecule has 25 heavy (non-hydrogen) atoms. The van der Waals surface area contributed by atoms with Gasteiger partial charge in [0.05, 0.1) is 17.8 Å². The van der Waals surface area contributed by atoms with Crippen molar-refractivity contribution in [2.24, 2.45) is 0 Å². The van der Waals surface area contributed by atoms with Crippen LogP contribution in [-0.4, -0.2) is 10.1 Å². The molecule has 1 aliphatic rings. The number of aryl methyl sites for hydroxylation is 1. The van der Waals surface area contributed by atoms with Crippen LogP contribution in [0.4, 0.5) is 5.69 Å². The van der Waals surface area contributed by atoms with Gasteiger partial charge in [-0.25, -0.2) is 0 Å². The van der Waals surface area contributed by atoms with Crippen molar-refractivity contribution < 1.29 is 0 Å². The van der Waals surface area contributed by atoms with E-state index >= 15 is 0 Å². The SMILES string of the molecule is Cc1ccc(N2C(=S)N[C@H](c3ccccn3)[C@H]2c2cc(Br)cs2)cc1. The van der Waals surface area contributed by atoms with E-state index in [2.05, 4.69) is 79.8 Å². The van der Waals surface area contributed by atoms with E-state index in [4.69, 9.17) is 12.2 Å². The minimum absolute atomic E-state index is 0.0144. The van der Waals surface area contributed by atoms with Crippen LogP contribution < -0.4 is 10.2 Å². The smallest absolute Gasteiger partial charge is 0.174 e. The minimum Gasteiger partial charge on any atom is -0.351 e. The molecule has 0 radical (unpaired) electrons. The average molecular weight is 430 g/mol. The molecular formula is C19H16BrN3S2. The van der Waals surface area contributed by atoms with Gasteiger partial charge in [-0.15, -0.1) is 11.3 Å². The highest BCUT2D eigenvalue weighted by Crippen LogP contribution is 2.43. The predicted molar refractivity (Wildman–Crippen MR) is 111 cm³/mol. The average Bonchev–Trinajstić information content (AvgIpc) is 3.20. The third-order valence-electron chi connectivity index (χ3n) is 4.29. The zero-order valence-electron chi connectivity index (χ0n) is 13.5. The molecule has 6 heteroatoms. The summed E-state index contributed by atoms with van der Waals surface area (Å²) in [6, 6.07) is 16.7. The number of anilines is 1. The Hall–Kier alpha value is -1.76. The highest BCUT2D eigenvalue weighted by atomic mass is 79.9. The van der Waals surface area contributed by atoms with Crippen LogP contribution in [0.15, 0.2) is 64.6 Å². The van der Waals surface area contributed by atoms with Gasteiger partial charge in [0.25, 0.3) is 0 Å². The maximum absolute atomic E-state index is 5.70. The van der Waals surface area contributed by atoms with Crippen LogP contribution in [0.2, 0.25) is 0 Å². The van der Waals surface area contributed by atoms with E-state index in [0.717, 1.165) is 21.0 Å². The molecule has 0 aliphatic carbocycles. The molecule has 0 saturated carbocycles. The Kier molecular flexibility index (Phi) is 4.58. The van der Waals surface area contributed by atoms with Gasteiger partial charge in [-0.3, -0.25) is 4.98 Å². The molecule has 3 heterocycles. The number of hydrogen-bond acceptors (Lipinski definition) is 3. The van der Waals surface area contributed by atoms with E-state index in [-0.39, 0.29) is 12.1 Å². The molecule has 3 nitrogen and oxygen atoms in total. The van der Waals surface area contributed by atoms with Crippen molar-refractivity contribution in [1.82, 2.24) is 10.3 Å². The number of thiocarbonyl (C=S) groups is 1. The Morgan fingerprint density at radius 1 is 1.20 bits per heavy atom. The molecule has 1 N–H and O–H groups in total. The van der Waals surface area contributed by atoms with Crippen LogP contribution in [0.3, 0.4) is 0 Å². The monoisotopic (exact) mass is 429 g/mol. The van der Waals surface area contributed by atoms with E-state index in [9.17, 15) is 0 Å². The molecule has 1 fully saturated rings. The van der Waals surface area contributed by atoms with Crippen molar-refractivity contribution in [2.75, 3.05) is 4.90 Å². The summed E-state index contributed by atoms with van der Waals surface area (Å²) in [6.45, 7) is 2.09. The van der Waals surface area contributed by atoms with Gasteiger partial charge >= 0.3 is 0 Å². The summed E-state index contributed by atoms with van der Waals surface area (Å²) in [5.74, 6) is 0. The lowest BCUT2D eigenvalue weighted by Gasteiger charge is -2.27. The van der Waals surface area contributed by atoms with Gasteiger partial charge in [0, 0.05) is 26.6 Å². The minimum atomic E-state index is 0.0144. The molecule has 1 aromatic carbocycles. The fourth-order valence-electron chi connectivity index (χ4n) is 3.11. The molecular weight excluding hydrogens is 414 g/mol. The summed E-state index contributed by atoms with van der Waals surface area (Å²) in [4.78, 5) is 8.01. The quantitative estimate of drug-likeness (QED) is 0.564. The topological polar surface area (TPSA) is 28.2 Å². The number of aromatic nitrogens is 1. The van der Waals surface area contributed by atoms with Crippen molar-refractivity contribution in [3.63, 3.8) is 0 Å². The van der Waals surface area contributed by atoms with E-state index in [1.807, 2.05) is 18.3 Å². The summed E-state index contributed by atoms with van der Waals surface area (Å²) >= 11 is 11.0. The summed E-state index contributed by atoms with van der Waals surface area (Å²) in [5, 5.41) is 6.32. The number of thiophene rings is 1. The molecule has 0 unspecified atom stereocenters. The van der Waals surface area contributed by atoms with E-state index in [0.29, 0.717) is 0 Å². The summed E-state index contributed by atoms with van der Waals surface area (Å²) < 4.78 is 1.09.